The largest absolute Gasteiger partial charge is 0.443 e. The number of aromatic nitrogens is 1. The summed E-state index contributed by atoms with van der Waals surface area (Å²) in [6.07, 6.45) is 2.54. The average molecular weight is 365 g/mol. The first kappa shape index (κ1) is 18.2. The first-order chi connectivity index (χ1) is 12.4. The third kappa shape index (κ3) is 4.31. The standard InChI is InChI=1S/C22H20N2O.ClH/c1-2-4-17(5-3-1)12-13-23-15-18-6-8-19(9-7-18)20-10-11-22-21(14-20)24-16-25-22;/h1-11,14,16,23H,12-13,15H2;1H. The van der Waals surface area contributed by atoms with Crippen LogP contribution in [0, 0.1) is 0 Å². The molecule has 0 aliphatic carbocycles. The summed E-state index contributed by atoms with van der Waals surface area (Å²) in [6, 6.07) is 25.3. The first-order valence-electron chi connectivity index (χ1n) is 8.56. The molecule has 26 heavy (non-hydrogen) atoms. The molecule has 1 heterocycles. The zero-order chi connectivity index (χ0) is 16.9. The van der Waals surface area contributed by atoms with Crippen molar-refractivity contribution in [1.82, 2.24) is 10.3 Å². The number of fused-ring (bicyclic) bond motifs is 1. The van der Waals surface area contributed by atoms with Crippen molar-refractivity contribution >= 4 is 23.5 Å². The van der Waals surface area contributed by atoms with Gasteiger partial charge in [0.2, 0.25) is 0 Å². The van der Waals surface area contributed by atoms with E-state index >= 15 is 0 Å². The molecule has 3 nitrogen and oxygen atoms in total. The molecule has 0 bridgehead atoms. The Morgan fingerprint density at radius 1 is 0.808 bits per heavy atom. The highest BCUT2D eigenvalue weighted by Gasteiger charge is 2.03. The van der Waals surface area contributed by atoms with E-state index in [4.69, 9.17) is 4.42 Å². The summed E-state index contributed by atoms with van der Waals surface area (Å²) in [4.78, 5) is 4.22. The Balaban J connectivity index is 0.00000196. The van der Waals surface area contributed by atoms with E-state index < -0.39 is 0 Å². The summed E-state index contributed by atoms with van der Waals surface area (Å²) in [5.74, 6) is 0. The van der Waals surface area contributed by atoms with Gasteiger partial charge in [0.15, 0.2) is 12.0 Å². The highest BCUT2D eigenvalue weighted by molar-refractivity contribution is 5.85. The van der Waals surface area contributed by atoms with Crippen LogP contribution in [0.2, 0.25) is 0 Å². The number of nitrogens with one attached hydrogen (secondary N) is 1. The van der Waals surface area contributed by atoms with Crippen molar-refractivity contribution in [3.63, 3.8) is 0 Å². The number of benzene rings is 3. The van der Waals surface area contributed by atoms with Crippen LogP contribution in [0.4, 0.5) is 0 Å². The fraction of sp³-hybridized carbons (Fsp3) is 0.136. The fourth-order valence-electron chi connectivity index (χ4n) is 2.96. The van der Waals surface area contributed by atoms with Gasteiger partial charge in [0.1, 0.15) is 5.52 Å². The summed E-state index contributed by atoms with van der Waals surface area (Å²) in [5.41, 5.74) is 6.72. The van der Waals surface area contributed by atoms with Gasteiger partial charge in [0.05, 0.1) is 0 Å². The van der Waals surface area contributed by atoms with Gasteiger partial charge in [0, 0.05) is 6.54 Å². The van der Waals surface area contributed by atoms with Crippen LogP contribution < -0.4 is 5.32 Å². The SMILES string of the molecule is Cl.c1ccc(CCNCc2ccc(-c3ccc4ocnc4c3)cc2)cc1. The average Bonchev–Trinajstić information content (AvgIpc) is 3.14. The molecule has 0 saturated carbocycles. The van der Waals surface area contributed by atoms with E-state index in [2.05, 4.69) is 77.0 Å². The van der Waals surface area contributed by atoms with Gasteiger partial charge in [-0.3, -0.25) is 0 Å². The minimum atomic E-state index is 0. The quantitative estimate of drug-likeness (QED) is 0.475. The summed E-state index contributed by atoms with van der Waals surface area (Å²) in [5, 5.41) is 3.51. The Labute approximate surface area is 159 Å². The lowest BCUT2D eigenvalue weighted by atomic mass is 10.0. The zero-order valence-electron chi connectivity index (χ0n) is 14.4. The highest BCUT2D eigenvalue weighted by atomic mass is 35.5. The Morgan fingerprint density at radius 3 is 2.38 bits per heavy atom. The van der Waals surface area contributed by atoms with Gasteiger partial charge in [-0.2, -0.15) is 0 Å². The van der Waals surface area contributed by atoms with E-state index in [9.17, 15) is 0 Å². The molecule has 4 aromatic rings. The van der Waals surface area contributed by atoms with Crippen molar-refractivity contribution < 1.29 is 4.42 Å². The Hall–Kier alpha value is -2.62. The Bertz CT molecular complexity index is 949. The van der Waals surface area contributed by atoms with Crippen molar-refractivity contribution in [2.24, 2.45) is 0 Å². The second-order valence-electron chi connectivity index (χ2n) is 6.14. The van der Waals surface area contributed by atoms with Crippen molar-refractivity contribution in [1.29, 1.82) is 0 Å². The van der Waals surface area contributed by atoms with Gasteiger partial charge < -0.3 is 9.73 Å². The predicted octanol–water partition coefficient (Wildman–Crippen LogP) is 5.25. The summed E-state index contributed by atoms with van der Waals surface area (Å²) < 4.78 is 5.30. The molecule has 132 valence electrons. The molecular weight excluding hydrogens is 344 g/mol. The maximum atomic E-state index is 5.30. The smallest absolute Gasteiger partial charge is 0.181 e. The molecule has 1 aromatic heterocycles. The van der Waals surface area contributed by atoms with Crippen LogP contribution in [-0.2, 0) is 13.0 Å². The van der Waals surface area contributed by atoms with Crippen LogP contribution in [0.25, 0.3) is 22.2 Å². The molecule has 3 aromatic carbocycles. The van der Waals surface area contributed by atoms with E-state index in [1.165, 1.54) is 23.1 Å². The lowest BCUT2D eigenvalue weighted by Gasteiger charge is -2.07. The third-order valence-electron chi connectivity index (χ3n) is 4.38. The van der Waals surface area contributed by atoms with Gasteiger partial charge in [-0.25, -0.2) is 4.98 Å². The Kier molecular flexibility index (Phi) is 6.05. The predicted molar refractivity (Wildman–Crippen MR) is 109 cm³/mol. The maximum Gasteiger partial charge on any atom is 0.181 e. The summed E-state index contributed by atoms with van der Waals surface area (Å²) in [6.45, 7) is 1.87. The van der Waals surface area contributed by atoms with E-state index in [-0.39, 0.29) is 12.4 Å². The van der Waals surface area contributed by atoms with Crippen LogP contribution in [0.15, 0.2) is 83.6 Å². The van der Waals surface area contributed by atoms with E-state index in [0.717, 1.165) is 36.2 Å². The van der Waals surface area contributed by atoms with Gasteiger partial charge in [-0.05, 0) is 47.4 Å². The van der Waals surface area contributed by atoms with Crippen LogP contribution in [0.5, 0.6) is 0 Å². The van der Waals surface area contributed by atoms with Crippen LogP contribution in [0.1, 0.15) is 11.1 Å². The number of nitrogens with zero attached hydrogens (tertiary/aromatic N) is 1. The lowest BCUT2D eigenvalue weighted by molar-refractivity contribution is 0.602. The molecule has 0 spiro atoms. The molecule has 0 radical (unpaired) electrons. The molecule has 0 aliphatic rings. The lowest BCUT2D eigenvalue weighted by Crippen LogP contribution is -2.16. The topological polar surface area (TPSA) is 38.1 Å². The van der Waals surface area contributed by atoms with Gasteiger partial charge in [0.25, 0.3) is 0 Å². The molecular formula is C22H21ClN2O. The van der Waals surface area contributed by atoms with E-state index in [1.54, 1.807) is 0 Å². The monoisotopic (exact) mass is 364 g/mol. The molecule has 1 N–H and O–H groups in total. The number of halogens is 1. The second-order valence-corrected chi connectivity index (χ2v) is 6.14. The van der Waals surface area contributed by atoms with Gasteiger partial charge in [-0.1, -0.05) is 60.7 Å². The number of oxazole rings is 1. The first-order valence-corrected chi connectivity index (χ1v) is 8.56. The zero-order valence-corrected chi connectivity index (χ0v) is 15.2. The number of hydrogen-bond donors (Lipinski definition) is 1. The summed E-state index contributed by atoms with van der Waals surface area (Å²) >= 11 is 0. The minimum Gasteiger partial charge on any atom is -0.443 e. The minimum absolute atomic E-state index is 0. The molecule has 0 unspecified atom stereocenters. The molecule has 0 aliphatic heterocycles. The number of hydrogen-bond acceptors (Lipinski definition) is 3. The molecule has 0 amide bonds. The maximum absolute atomic E-state index is 5.30. The molecule has 0 saturated heterocycles. The summed E-state index contributed by atoms with van der Waals surface area (Å²) in [7, 11) is 0. The van der Waals surface area contributed by atoms with Crippen LogP contribution >= 0.6 is 12.4 Å². The molecule has 0 atom stereocenters. The van der Waals surface area contributed by atoms with E-state index in [1.807, 2.05) is 6.07 Å². The van der Waals surface area contributed by atoms with Crippen LogP contribution in [0.3, 0.4) is 0 Å². The van der Waals surface area contributed by atoms with Gasteiger partial charge in [-0.15, -0.1) is 12.4 Å². The second kappa shape index (κ2) is 8.65. The normalized spacial score (nSPS) is 10.6. The third-order valence-corrected chi connectivity index (χ3v) is 4.38. The fourth-order valence-corrected chi connectivity index (χ4v) is 2.96. The van der Waals surface area contributed by atoms with E-state index in [0.29, 0.717) is 0 Å². The molecule has 0 fully saturated rings. The van der Waals surface area contributed by atoms with Crippen molar-refractivity contribution in [3.05, 3.63) is 90.3 Å². The molecule has 4 heteroatoms. The number of rotatable bonds is 6. The Morgan fingerprint density at radius 2 is 1.58 bits per heavy atom. The van der Waals surface area contributed by atoms with Gasteiger partial charge >= 0.3 is 0 Å². The highest BCUT2D eigenvalue weighted by Crippen LogP contribution is 2.24. The van der Waals surface area contributed by atoms with Crippen LogP contribution in [-0.4, -0.2) is 11.5 Å². The van der Waals surface area contributed by atoms with Crippen molar-refractivity contribution in [2.45, 2.75) is 13.0 Å². The van der Waals surface area contributed by atoms with Crippen molar-refractivity contribution in [3.8, 4) is 11.1 Å². The van der Waals surface area contributed by atoms with Crippen molar-refractivity contribution in [2.75, 3.05) is 6.54 Å². The molecule has 4 rings (SSSR count).